The van der Waals surface area contributed by atoms with Crippen LogP contribution >= 0.6 is 0 Å². The Balaban J connectivity index is 1.41. The van der Waals surface area contributed by atoms with Gasteiger partial charge in [0.25, 0.3) is 5.56 Å². The summed E-state index contributed by atoms with van der Waals surface area (Å²) >= 11 is 0. The minimum Gasteiger partial charge on any atom is -0.490 e. The van der Waals surface area contributed by atoms with E-state index in [1.54, 1.807) is 23.0 Å². The molecule has 1 aliphatic rings. The summed E-state index contributed by atoms with van der Waals surface area (Å²) in [7, 11) is 0. The van der Waals surface area contributed by atoms with Gasteiger partial charge in [0.05, 0.1) is 31.1 Å². The lowest BCUT2D eigenvalue weighted by atomic mass is 10.1. The Kier molecular flexibility index (Phi) is 4.77. The topological polar surface area (TPSA) is 71.2 Å². The van der Waals surface area contributed by atoms with E-state index in [2.05, 4.69) is 10.2 Å². The molecule has 150 valence electrons. The highest BCUT2D eigenvalue weighted by Crippen LogP contribution is 2.33. The molecule has 0 atom stereocenters. The van der Waals surface area contributed by atoms with E-state index >= 15 is 0 Å². The van der Waals surface area contributed by atoms with E-state index in [1.165, 1.54) is 4.68 Å². The van der Waals surface area contributed by atoms with Gasteiger partial charge in [-0.25, -0.2) is 9.36 Å². The van der Waals surface area contributed by atoms with Crippen LogP contribution in [0.15, 0.2) is 77.9 Å². The summed E-state index contributed by atoms with van der Waals surface area (Å²) in [5.74, 6) is 1.45. The van der Waals surface area contributed by atoms with Crippen molar-refractivity contribution in [1.29, 1.82) is 0 Å². The number of ether oxygens (including phenoxy) is 2. The second-order valence-corrected chi connectivity index (χ2v) is 7.04. The Hall–Kier alpha value is -3.87. The van der Waals surface area contributed by atoms with Crippen molar-refractivity contribution in [3.63, 3.8) is 0 Å². The van der Waals surface area contributed by atoms with Gasteiger partial charge in [0.15, 0.2) is 11.5 Å². The predicted octanol–water partition coefficient (Wildman–Crippen LogP) is 3.31. The first-order valence-electron chi connectivity index (χ1n) is 9.83. The maximum absolute atomic E-state index is 12.4. The van der Waals surface area contributed by atoms with E-state index in [-0.39, 0.29) is 5.56 Å². The van der Waals surface area contributed by atoms with Crippen molar-refractivity contribution in [3.8, 4) is 28.4 Å². The summed E-state index contributed by atoms with van der Waals surface area (Å²) in [5, 5.41) is 8.80. The van der Waals surface area contributed by atoms with Crippen LogP contribution in [0.25, 0.3) is 16.9 Å². The van der Waals surface area contributed by atoms with E-state index in [0.717, 1.165) is 29.0 Å². The monoisotopic (exact) mass is 400 g/mol. The van der Waals surface area contributed by atoms with Crippen LogP contribution in [0.3, 0.4) is 0 Å². The maximum Gasteiger partial charge on any atom is 0.267 e. The van der Waals surface area contributed by atoms with Crippen molar-refractivity contribution in [2.45, 2.75) is 13.0 Å². The van der Waals surface area contributed by atoms with Crippen LogP contribution in [0.5, 0.6) is 11.5 Å². The number of rotatable bonds is 4. The van der Waals surface area contributed by atoms with Crippen molar-refractivity contribution in [2.24, 2.45) is 0 Å². The SMILES string of the molecule is O=c1ccc(-c2ccc3c(c2)OCCCO3)nn1Cc1ccc(-n2cccn2)cc1. The quantitative estimate of drug-likeness (QED) is 0.526. The highest BCUT2D eigenvalue weighted by atomic mass is 16.5. The first kappa shape index (κ1) is 18.2. The zero-order valence-electron chi connectivity index (χ0n) is 16.3. The van der Waals surface area contributed by atoms with Crippen LogP contribution in [-0.2, 0) is 6.54 Å². The fourth-order valence-corrected chi connectivity index (χ4v) is 3.39. The molecule has 0 saturated carbocycles. The van der Waals surface area contributed by atoms with Crippen molar-refractivity contribution >= 4 is 0 Å². The van der Waals surface area contributed by atoms with E-state index in [1.807, 2.05) is 54.7 Å². The molecule has 30 heavy (non-hydrogen) atoms. The molecule has 2 aromatic carbocycles. The van der Waals surface area contributed by atoms with Crippen molar-refractivity contribution < 1.29 is 9.47 Å². The molecule has 2 aromatic heterocycles. The Morgan fingerprint density at radius 2 is 1.77 bits per heavy atom. The molecule has 7 heteroatoms. The zero-order chi connectivity index (χ0) is 20.3. The standard InChI is InChI=1S/C23H20N4O3/c28-23-10-8-20(18-5-9-21-22(15-18)30-14-2-13-29-21)25-27(23)16-17-3-6-19(7-4-17)26-12-1-11-24-26/h1,3-12,15H,2,13-14,16H2. The van der Waals surface area contributed by atoms with Gasteiger partial charge in [-0.2, -0.15) is 10.2 Å². The summed E-state index contributed by atoms with van der Waals surface area (Å²) < 4.78 is 14.7. The molecule has 0 saturated heterocycles. The number of hydrogen-bond acceptors (Lipinski definition) is 5. The predicted molar refractivity (Wildman–Crippen MR) is 112 cm³/mol. The van der Waals surface area contributed by atoms with Gasteiger partial charge in [0.2, 0.25) is 0 Å². The van der Waals surface area contributed by atoms with Gasteiger partial charge in [-0.15, -0.1) is 0 Å². The first-order chi connectivity index (χ1) is 14.8. The third-order valence-corrected chi connectivity index (χ3v) is 4.95. The normalized spacial score (nSPS) is 13.1. The average Bonchev–Trinajstić information content (AvgIpc) is 3.21. The zero-order valence-corrected chi connectivity index (χ0v) is 16.3. The molecule has 0 radical (unpaired) electrons. The van der Waals surface area contributed by atoms with Crippen LogP contribution in [0, 0.1) is 0 Å². The molecule has 0 bridgehead atoms. The lowest BCUT2D eigenvalue weighted by Gasteiger charge is -2.11. The lowest BCUT2D eigenvalue weighted by molar-refractivity contribution is 0.297. The van der Waals surface area contributed by atoms with Gasteiger partial charge in [0, 0.05) is 30.4 Å². The van der Waals surface area contributed by atoms with Crippen molar-refractivity contribution in [2.75, 3.05) is 13.2 Å². The highest BCUT2D eigenvalue weighted by molar-refractivity contribution is 5.63. The molecule has 3 heterocycles. The largest absolute Gasteiger partial charge is 0.490 e. The molecule has 0 aliphatic carbocycles. The summed E-state index contributed by atoms with van der Waals surface area (Å²) in [4.78, 5) is 12.4. The van der Waals surface area contributed by atoms with E-state index in [0.29, 0.717) is 31.2 Å². The van der Waals surface area contributed by atoms with Gasteiger partial charge >= 0.3 is 0 Å². The minimum atomic E-state index is -0.149. The van der Waals surface area contributed by atoms with Crippen LogP contribution in [0.2, 0.25) is 0 Å². The molecule has 4 aromatic rings. The highest BCUT2D eigenvalue weighted by Gasteiger charge is 2.13. The molecule has 5 rings (SSSR count). The van der Waals surface area contributed by atoms with Crippen molar-refractivity contribution in [3.05, 3.63) is 89.0 Å². The smallest absolute Gasteiger partial charge is 0.267 e. The second-order valence-electron chi connectivity index (χ2n) is 7.04. The Labute approximate surface area is 173 Å². The molecule has 0 N–H and O–H groups in total. The van der Waals surface area contributed by atoms with E-state index in [4.69, 9.17) is 9.47 Å². The van der Waals surface area contributed by atoms with Crippen molar-refractivity contribution in [1.82, 2.24) is 19.6 Å². The fourth-order valence-electron chi connectivity index (χ4n) is 3.39. The number of benzene rings is 2. The molecular formula is C23H20N4O3. The molecule has 0 spiro atoms. The minimum absolute atomic E-state index is 0.149. The lowest BCUT2D eigenvalue weighted by Crippen LogP contribution is -2.22. The summed E-state index contributed by atoms with van der Waals surface area (Å²) in [6.07, 6.45) is 4.48. The maximum atomic E-state index is 12.4. The Bertz CT molecular complexity index is 1210. The van der Waals surface area contributed by atoms with Gasteiger partial charge < -0.3 is 9.47 Å². The molecule has 0 amide bonds. The molecule has 0 unspecified atom stereocenters. The van der Waals surface area contributed by atoms with Crippen LogP contribution in [0.4, 0.5) is 0 Å². The third-order valence-electron chi connectivity index (χ3n) is 4.95. The number of fused-ring (bicyclic) bond motifs is 1. The summed E-state index contributed by atoms with van der Waals surface area (Å²) in [6.45, 7) is 1.66. The van der Waals surface area contributed by atoms with E-state index < -0.39 is 0 Å². The molecule has 7 nitrogen and oxygen atoms in total. The van der Waals surface area contributed by atoms with Gasteiger partial charge in [-0.3, -0.25) is 4.79 Å². The second kappa shape index (κ2) is 7.87. The average molecular weight is 400 g/mol. The van der Waals surface area contributed by atoms with E-state index in [9.17, 15) is 4.79 Å². The Morgan fingerprint density at radius 1 is 0.933 bits per heavy atom. The molecular weight excluding hydrogens is 380 g/mol. The van der Waals surface area contributed by atoms with Gasteiger partial charge in [-0.05, 0) is 48.0 Å². The van der Waals surface area contributed by atoms with Crippen LogP contribution in [-0.4, -0.2) is 32.8 Å². The summed E-state index contributed by atoms with van der Waals surface area (Å²) in [6, 6.07) is 18.8. The third kappa shape index (κ3) is 3.69. The van der Waals surface area contributed by atoms with Crippen LogP contribution in [0.1, 0.15) is 12.0 Å². The summed E-state index contributed by atoms with van der Waals surface area (Å²) in [5.41, 5.74) is 3.38. The number of nitrogens with zero attached hydrogens (tertiary/aromatic N) is 4. The van der Waals surface area contributed by atoms with Gasteiger partial charge in [0.1, 0.15) is 0 Å². The molecule has 0 fully saturated rings. The number of hydrogen-bond donors (Lipinski definition) is 0. The molecule has 1 aliphatic heterocycles. The fraction of sp³-hybridized carbons (Fsp3) is 0.174. The Morgan fingerprint density at radius 3 is 2.57 bits per heavy atom. The number of aromatic nitrogens is 4. The van der Waals surface area contributed by atoms with Crippen LogP contribution < -0.4 is 15.0 Å². The van der Waals surface area contributed by atoms with Gasteiger partial charge in [-0.1, -0.05) is 12.1 Å². The first-order valence-corrected chi connectivity index (χ1v) is 9.83.